The Bertz CT molecular complexity index is 347. The highest BCUT2D eigenvalue weighted by Crippen LogP contribution is 2.21. The van der Waals surface area contributed by atoms with Crippen LogP contribution >= 0.6 is 0 Å². The number of hydrogen-bond donors (Lipinski definition) is 1. The molecule has 1 heterocycles. The SMILES string of the molecule is CCCCCCC(NCC)c1ncc(C)cc1C. The Labute approximate surface area is 112 Å². The summed E-state index contributed by atoms with van der Waals surface area (Å²) in [5.41, 5.74) is 3.80. The second-order valence-corrected chi connectivity index (χ2v) is 5.17. The van der Waals surface area contributed by atoms with E-state index in [4.69, 9.17) is 0 Å². The molecular weight excluding hydrogens is 220 g/mol. The van der Waals surface area contributed by atoms with Crippen molar-refractivity contribution < 1.29 is 0 Å². The fourth-order valence-corrected chi connectivity index (χ4v) is 2.45. The number of nitrogens with zero attached hydrogens (tertiary/aromatic N) is 1. The smallest absolute Gasteiger partial charge is 0.0602 e. The lowest BCUT2D eigenvalue weighted by Crippen LogP contribution is -2.22. The van der Waals surface area contributed by atoms with Gasteiger partial charge in [0.25, 0.3) is 0 Å². The number of rotatable bonds is 8. The summed E-state index contributed by atoms with van der Waals surface area (Å²) < 4.78 is 0. The molecular formula is C16H28N2. The molecule has 18 heavy (non-hydrogen) atoms. The van der Waals surface area contributed by atoms with Crippen molar-refractivity contribution in [1.82, 2.24) is 10.3 Å². The summed E-state index contributed by atoms with van der Waals surface area (Å²) in [4.78, 5) is 4.63. The Hall–Kier alpha value is -0.890. The molecule has 0 bridgehead atoms. The van der Waals surface area contributed by atoms with Gasteiger partial charge in [0, 0.05) is 12.2 Å². The maximum absolute atomic E-state index is 4.63. The summed E-state index contributed by atoms with van der Waals surface area (Å²) in [7, 11) is 0. The maximum atomic E-state index is 4.63. The van der Waals surface area contributed by atoms with Gasteiger partial charge in [-0.05, 0) is 37.9 Å². The van der Waals surface area contributed by atoms with E-state index < -0.39 is 0 Å². The van der Waals surface area contributed by atoms with Crippen LogP contribution in [0.1, 0.15) is 68.8 Å². The molecule has 0 saturated carbocycles. The van der Waals surface area contributed by atoms with Gasteiger partial charge in [-0.2, -0.15) is 0 Å². The minimum absolute atomic E-state index is 0.424. The van der Waals surface area contributed by atoms with Crippen LogP contribution in [0.15, 0.2) is 12.3 Å². The Morgan fingerprint density at radius 2 is 1.94 bits per heavy atom. The normalized spacial score (nSPS) is 12.7. The zero-order chi connectivity index (χ0) is 13.4. The van der Waals surface area contributed by atoms with Crippen LogP contribution in [-0.2, 0) is 0 Å². The molecule has 1 N–H and O–H groups in total. The van der Waals surface area contributed by atoms with Gasteiger partial charge in [-0.25, -0.2) is 0 Å². The van der Waals surface area contributed by atoms with Crippen molar-refractivity contribution in [3.63, 3.8) is 0 Å². The lowest BCUT2D eigenvalue weighted by Gasteiger charge is -2.19. The zero-order valence-electron chi connectivity index (χ0n) is 12.4. The first-order valence-electron chi connectivity index (χ1n) is 7.35. The molecule has 0 amide bonds. The number of hydrogen-bond acceptors (Lipinski definition) is 2. The van der Waals surface area contributed by atoms with E-state index in [2.05, 4.69) is 44.1 Å². The molecule has 0 aliphatic heterocycles. The second-order valence-electron chi connectivity index (χ2n) is 5.17. The second kappa shape index (κ2) is 8.25. The number of aryl methyl sites for hydroxylation is 2. The van der Waals surface area contributed by atoms with E-state index in [1.807, 2.05) is 6.20 Å². The molecule has 0 spiro atoms. The van der Waals surface area contributed by atoms with Gasteiger partial charge in [-0.1, -0.05) is 45.6 Å². The molecule has 1 atom stereocenters. The quantitative estimate of drug-likeness (QED) is 0.693. The number of aromatic nitrogens is 1. The highest BCUT2D eigenvalue weighted by atomic mass is 14.9. The largest absolute Gasteiger partial charge is 0.309 e. The van der Waals surface area contributed by atoms with E-state index in [9.17, 15) is 0 Å². The van der Waals surface area contributed by atoms with Crippen molar-refractivity contribution in [1.29, 1.82) is 0 Å². The van der Waals surface area contributed by atoms with E-state index in [1.165, 1.54) is 48.9 Å². The van der Waals surface area contributed by atoms with Crippen LogP contribution in [0.4, 0.5) is 0 Å². The summed E-state index contributed by atoms with van der Waals surface area (Å²) >= 11 is 0. The van der Waals surface area contributed by atoms with Crippen LogP contribution < -0.4 is 5.32 Å². The summed E-state index contributed by atoms with van der Waals surface area (Å²) in [6.45, 7) is 9.71. The van der Waals surface area contributed by atoms with Crippen LogP contribution in [0, 0.1) is 13.8 Å². The molecule has 2 nitrogen and oxygen atoms in total. The van der Waals surface area contributed by atoms with E-state index in [0.29, 0.717) is 6.04 Å². The third-order valence-electron chi connectivity index (χ3n) is 3.38. The van der Waals surface area contributed by atoms with Gasteiger partial charge in [0.1, 0.15) is 0 Å². The Kier molecular flexibility index (Phi) is 6.96. The molecule has 1 rings (SSSR count). The average Bonchev–Trinajstić information content (AvgIpc) is 2.34. The number of pyridine rings is 1. The van der Waals surface area contributed by atoms with Gasteiger partial charge in [0.05, 0.1) is 5.69 Å². The minimum atomic E-state index is 0.424. The molecule has 102 valence electrons. The van der Waals surface area contributed by atoms with E-state index >= 15 is 0 Å². The van der Waals surface area contributed by atoms with E-state index in [-0.39, 0.29) is 0 Å². The molecule has 0 aliphatic rings. The van der Waals surface area contributed by atoms with Crippen molar-refractivity contribution >= 4 is 0 Å². The van der Waals surface area contributed by atoms with Gasteiger partial charge in [-0.15, -0.1) is 0 Å². The Morgan fingerprint density at radius 1 is 1.17 bits per heavy atom. The number of unbranched alkanes of at least 4 members (excludes halogenated alkanes) is 3. The molecule has 1 aromatic rings. The van der Waals surface area contributed by atoms with Crippen LogP contribution in [-0.4, -0.2) is 11.5 Å². The zero-order valence-corrected chi connectivity index (χ0v) is 12.4. The third kappa shape index (κ3) is 4.77. The standard InChI is InChI=1S/C16H28N2/c1-5-7-8-9-10-15(17-6-2)16-14(4)11-13(3)12-18-16/h11-12,15,17H,5-10H2,1-4H3. The predicted octanol–water partition coefficient (Wildman–Crippen LogP) is 4.32. The summed E-state index contributed by atoms with van der Waals surface area (Å²) in [5.74, 6) is 0. The number of nitrogens with one attached hydrogen (secondary N) is 1. The fraction of sp³-hybridized carbons (Fsp3) is 0.688. The topological polar surface area (TPSA) is 24.9 Å². The summed E-state index contributed by atoms with van der Waals surface area (Å²) in [6.07, 6.45) is 8.46. The lowest BCUT2D eigenvalue weighted by molar-refractivity contribution is 0.471. The molecule has 0 aromatic carbocycles. The molecule has 2 heteroatoms. The van der Waals surface area contributed by atoms with Crippen molar-refractivity contribution in [2.75, 3.05) is 6.54 Å². The fourth-order valence-electron chi connectivity index (χ4n) is 2.45. The minimum Gasteiger partial charge on any atom is -0.309 e. The summed E-state index contributed by atoms with van der Waals surface area (Å²) in [6, 6.07) is 2.66. The Morgan fingerprint density at radius 3 is 2.56 bits per heavy atom. The highest BCUT2D eigenvalue weighted by Gasteiger charge is 2.13. The van der Waals surface area contributed by atoms with Gasteiger partial charge in [0.15, 0.2) is 0 Å². The molecule has 0 saturated heterocycles. The van der Waals surface area contributed by atoms with Crippen molar-refractivity contribution in [2.45, 2.75) is 65.8 Å². The molecule has 0 fully saturated rings. The Balaban J connectivity index is 2.64. The first-order valence-corrected chi connectivity index (χ1v) is 7.35. The monoisotopic (exact) mass is 248 g/mol. The van der Waals surface area contributed by atoms with Crippen LogP contribution in [0.25, 0.3) is 0 Å². The molecule has 0 aliphatic carbocycles. The van der Waals surface area contributed by atoms with E-state index in [1.54, 1.807) is 0 Å². The van der Waals surface area contributed by atoms with Gasteiger partial charge >= 0.3 is 0 Å². The summed E-state index contributed by atoms with van der Waals surface area (Å²) in [5, 5.41) is 3.57. The van der Waals surface area contributed by atoms with Crippen molar-refractivity contribution in [3.05, 3.63) is 29.1 Å². The van der Waals surface area contributed by atoms with Gasteiger partial charge in [0.2, 0.25) is 0 Å². The molecule has 1 aromatic heterocycles. The maximum Gasteiger partial charge on any atom is 0.0602 e. The average molecular weight is 248 g/mol. The third-order valence-corrected chi connectivity index (χ3v) is 3.38. The van der Waals surface area contributed by atoms with Crippen LogP contribution in [0.2, 0.25) is 0 Å². The molecule has 1 unspecified atom stereocenters. The first kappa shape index (κ1) is 15.2. The van der Waals surface area contributed by atoms with Gasteiger partial charge in [-0.3, -0.25) is 4.98 Å². The van der Waals surface area contributed by atoms with Crippen molar-refractivity contribution in [3.8, 4) is 0 Å². The highest BCUT2D eigenvalue weighted by molar-refractivity contribution is 5.25. The lowest BCUT2D eigenvalue weighted by atomic mass is 10.0. The predicted molar refractivity (Wildman–Crippen MR) is 78.9 cm³/mol. The molecule has 0 radical (unpaired) electrons. The van der Waals surface area contributed by atoms with E-state index in [0.717, 1.165) is 6.54 Å². The van der Waals surface area contributed by atoms with Gasteiger partial charge < -0.3 is 5.32 Å². The van der Waals surface area contributed by atoms with Crippen molar-refractivity contribution in [2.24, 2.45) is 0 Å². The van der Waals surface area contributed by atoms with Crippen LogP contribution in [0.3, 0.4) is 0 Å². The van der Waals surface area contributed by atoms with Crippen LogP contribution in [0.5, 0.6) is 0 Å². The first-order chi connectivity index (χ1) is 8.69.